The van der Waals surface area contributed by atoms with Crippen LogP contribution >= 0.6 is 0 Å². The number of aromatic amines is 1. The molecule has 1 fully saturated rings. The Labute approximate surface area is 192 Å². The topological polar surface area (TPSA) is 86.0 Å². The van der Waals surface area contributed by atoms with Gasteiger partial charge in [0.2, 0.25) is 11.8 Å². The lowest BCUT2D eigenvalue weighted by molar-refractivity contribution is -0.129. The number of carbonyl (C=O) groups excluding carboxylic acids is 2. The predicted molar refractivity (Wildman–Crippen MR) is 131 cm³/mol. The monoisotopic (exact) mass is 440 g/mol. The molecule has 4 N–H and O–H groups in total. The van der Waals surface area contributed by atoms with Gasteiger partial charge < -0.3 is 20.9 Å². The largest absolute Gasteiger partial charge is 0.361 e. The number of amides is 2. The van der Waals surface area contributed by atoms with Gasteiger partial charge in [-0.3, -0.25) is 9.59 Å². The Morgan fingerprint density at radius 2 is 1.81 bits per heavy atom. The maximum Gasteiger partial charge on any atom is 0.242 e. The third kappa shape index (κ3) is 7.37. The Balaban J connectivity index is 1.50. The van der Waals surface area contributed by atoms with Gasteiger partial charge in [-0.2, -0.15) is 0 Å². The average molecular weight is 441 g/mol. The number of hydrogen-bond acceptors (Lipinski definition) is 3. The van der Waals surface area contributed by atoms with Crippen LogP contribution in [0, 0.1) is 0 Å². The summed E-state index contributed by atoms with van der Waals surface area (Å²) in [5.41, 5.74) is 2.09. The van der Waals surface area contributed by atoms with E-state index in [1.54, 1.807) is 0 Å². The first-order valence-corrected chi connectivity index (χ1v) is 12.6. The number of nitrogens with one attached hydrogen (secondary N) is 4. The first-order chi connectivity index (χ1) is 15.7. The van der Waals surface area contributed by atoms with Crippen LogP contribution in [0.25, 0.3) is 10.9 Å². The van der Waals surface area contributed by atoms with Crippen LogP contribution in [0.1, 0.15) is 76.7 Å². The lowest BCUT2D eigenvalue weighted by Crippen LogP contribution is -2.52. The number of rotatable bonds is 14. The van der Waals surface area contributed by atoms with Gasteiger partial charge in [0.15, 0.2) is 0 Å². The van der Waals surface area contributed by atoms with Gasteiger partial charge in [-0.05, 0) is 37.4 Å². The summed E-state index contributed by atoms with van der Waals surface area (Å²) < 4.78 is 0. The lowest BCUT2D eigenvalue weighted by atomic mass is 10.0. The van der Waals surface area contributed by atoms with E-state index in [0.29, 0.717) is 13.0 Å². The summed E-state index contributed by atoms with van der Waals surface area (Å²) in [4.78, 5) is 29.0. The fourth-order valence-electron chi connectivity index (χ4n) is 4.50. The van der Waals surface area contributed by atoms with Gasteiger partial charge in [0.1, 0.15) is 6.04 Å². The zero-order valence-electron chi connectivity index (χ0n) is 19.6. The van der Waals surface area contributed by atoms with E-state index in [1.807, 2.05) is 24.4 Å². The molecule has 0 radical (unpaired) electrons. The van der Waals surface area contributed by atoms with Crippen molar-refractivity contribution in [3.63, 3.8) is 0 Å². The fourth-order valence-corrected chi connectivity index (χ4v) is 4.50. The SMILES string of the molecule is CCCCCCCCCCNC(=O)[C@H](Cc1c[nH]c2ccccc12)NC(=O)[C@@H]1CCCN1. The van der Waals surface area contributed by atoms with Crippen LogP contribution in [0.2, 0.25) is 0 Å². The molecule has 0 spiro atoms. The zero-order chi connectivity index (χ0) is 22.6. The first kappa shape index (κ1) is 24.3. The van der Waals surface area contributed by atoms with Crippen molar-refractivity contribution in [3.05, 3.63) is 36.0 Å². The minimum absolute atomic E-state index is 0.0745. The summed E-state index contributed by atoms with van der Waals surface area (Å²) >= 11 is 0. The van der Waals surface area contributed by atoms with Gasteiger partial charge in [-0.15, -0.1) is 0 Å². The lowest BCUT2D eigenvalue weighted by Gasteiger charge is -2.20. The molecule has 0 unspecified atom stereocenters. The van der Waals surface area contributed by atoms with Gasteiger partial charge in [0.05, 0.1) is 6.04 Å². The molecule has 32 heavy (non-hydrogen) atoms. The highest BCUT2D eigenvalue weighted by Crippen LogP contribution is 2.19. The summed E-state index contributed by atoms with van der Waals surface area (Å²) in [6.45, 7) is 3.76. The van der Waals surface area contributed by atoms with Gasteiger partial charge >= 0.3 is 0 Å². The Morgan fingerprint density at radius 3 is 2.56 bits per heavy atom. The molecule has 2 heterocycles. The molecule has 176 valence electrons. The first-order valence-electron chi connectivity index (χ1n) is 12.6. The van der Waals surface area contributed by atoms with Crippen molar-refractivity contribution in [2.75, 3.05) is 13.1 Å². The van der Waals surface area contributed by atoms with Crippen LogP contribution in [-0.4, -0.2) is 42.0 Å². The summed E-state index contributed by atoms with van der Waals surface area (Å²) in [5.74, 6) is -0.167. The van der Waals surface area contributed by atoms with Crippen molar-refractivity contribution in [3.8, 4) is 0 Å². The van der Waals surface area contributed by atoms with E-state index in [1.165, 1.54) is 38.5 Å². The summed E-state index contributed by atoms with van der Waals surface area (Å²) in [5, 5.41) is 10.4. The van der Waals surface area contributed by atoms with E-state index in [9.17, 15) is 9.59 Å². The van der Waals surface area contributed by atoms with Gasteiger partial charge in [0, 0.05) is 30.1 Å². The third-order valence-electron chi connectivity index (χ3n) is 6.44. The second kappa shape index (κ2) is 13.3. The molecule has 0 saturated carbocycles. The minimum atomic E-state index is -0.571. The standard InChI is InChI=1S/C26H40N4O2/c1-2-3-4-5-6-7-8-11-16-28-25(31)24(30-26(32)23-15-12-17-27-23)18-20-19-29-22-14-10-9-13-21(20)22/h9-10,13-14,19,23-24,27,29H,2-8,11-12,15-18H2,1H3,(H,28,31)(H,30,32)/t23-,24-/m0/s1. The molecule has 1 aliphatic rings. The Hall–Kier alpha value is -2.34. The number of benzene rings is 1. The highest BCUT2D eigenvalue weighted by Gasteiger charge is 2.28. The van der Waals surface area contributed by atoms with Crippen LogP contribution in [-0.2, 0) is 16.0 Å². The summed E-state index contributed by atoms with van der Waals surface area (Å²) in [6.07, 6.45) is 14.1. The predicted octanol–water partition coefficient (Wildman–Crippen LogP) is 4.20. The van der Waals surface area contributed by atoms with Crippen molar-refractivity contribution in [1.82, 2.24) is 20.9 Å². The normalized spacial score (nSPS) is 16.8. The van der Waals surface area contributed by atoms with E-state index in [0.717, 1.165) is 48.7 Å². The number of hydrogen-bond donors (Lipinski definition) is 4. The molecule has 1 aliphatic heterocycles. The molecule has 1 saturated heterocycles. The van der Waals surface area contributed by atoms with Crippen molar-refractivity contribution in [1.29, 1.82) is 0 Å². The maximum atomic E-state index is 13.0. The molecule has 2 aromatic rings. The van der Waals surface area contributed by atoms with Crippen LogP contribution < -0.4 is 16.0 Å². The number of H-pyrrole nitrogens is 1. The van der Waals surface area contributed by atoms with E-state index < -0.39 is 6.04 Å². The smallest absolute Gasteiger partial charge is 0.242 e. The number of carbonyl (C=O) groups is 2. The van der Waals surface area contributed by atoms with Crippen molar-refractivity contribution in [2.45, 2.75) is 89.6 Å². The van der Waals surface area contributed by atoms with E-state index >= 15 is 0 Å². The van der Waals surface area contributed by atoms with Crippen LogP contribution in [0.5, 0.6) is 0 Å². The molecule has 6 heteroatoms. The summed E-state index contributed by atoms with van der Waals surface area (Å²) in [6, 6.07) is 7.30. The molecular formula is C26H40N4O2. The van der Waals surface area contributed by atoms with Gasteiger partial charge in [-0.25, -0.2) is 0 Å². The molecule has 6 nitrogen and oxygen atoms in total. The molecule has 0 aliphatic carbocycles. The zero-order valence-corrected chi connectivity index (χ0v) is 19.6. The minimum Gasteiger partial charge on any atom is -0.361 e. The van der Waals surface area contributed by atoms with Crippen molar-refractivity contribution >= 4 is 22.7 Å². The second-order valence-electron chi connectivity index (χ2n) is 9.04. The number of unbranched alkanes of at least 4 members (excludes halogenated alkanes) is 7. The third-order valence-corrected chi connectivity index (χ3v) is 6.44. The second-order valence-corrected chi connectivity index (χ2v) is 9.04. The maximum absolute atomic E-state index is 13.0. The fraction of sp³-hybridized carbons (Fsp3) is 0.615. The number of fused-ring (bicyclic) bond motifs is 1. The Bertz CT molecular complexity index is 841. The molecule has 0 bridgehead atoms. The van der Waals surface area contributed by atoms with E-state index in [4.69, 9.17) is 0 Å². The van der Waals surface area contributed by atoms with Gasteiger partial charge in [-0.1, -0.05) is 70.1 Å². The van der Waals surface area contributed by atoms with Crippen LogP contribution in [0.3, 0.4) is 0 Å². The van der Waals surface area contributed by atoms with Gasteiger partial charge in [0.25, 0.3) is 0 Å². The van der Waals surface area contributed by atoms with Crippen molar-refractivity contribution in [2.24, 2.45) is 0 Å². The van der Waals surface area contributed by atoms with Crippen LogP contribution in [0.15, 0.2) is 30.5 Å². The summed E-state index contributed by atoms with van der Waals surface area (Å²) in [7, 11) is 0. The van der Waals surface area contributed by atoms with Crippen molar-refractivity contribution < 1.29 is 9.59 Å². The van der Waals surface area contributed by atoms with E-state index in [-0.39, 0.29) is 17.9 Å². The Kier molecular flexibility index (Phi) is 10.1. The molecule has 2 atom stereocenters. The highest BCUT2D eigenvalue weighted by atomic mass is 16.2. The van der Waals surface area contributed by atoms with E-state index in [2.05, 4.69) is 33.9 Å². The van der Waals surface area contributed by atoms with Crippen LogP contribution in [0.4, 0.5) is 0 Å². The highest BCUT2D eigenvalue weighted by molar-refractivity contribution is 5.91. The number of para-hydroxylation sites is 1. The molecule has 3 rings (SSSR count). The molecular weight excluding hydrogens is 400 g/mol. The Morgan fingerprint density at radius 1 is 1.06 bits per heavy atom. The molecule has 1 aromatic carbocycles. The number of aromatic nitrogens is 1. The average Bonchev–Trinajstić information content (AvgIpc) is 3.48. The molecule has 2 amide bonds. The quantitative estimate of drug-likeness (QED) is 0.332. The molecule has 1 aromatic heterocycles.